The van der Waals surface area contributed by atoms with Crippen LogP contribution in [-0.2, 0) is 0 Å². The maximum Gasteiger partial charge on any atom is 0.0406 e. The van der Waals surface area contributed by atoms with Gasteiger partial charge in [-0.2, -0.15) is 11.8 Å². The van der Waals surface area contributed by atoms with Crippen LogP contribution in [0.15, 0.2) is 24.3 Å². The Balaban J connectivity index is 1.95. The van der Waals surface area contributed by atoms with Crippen LogP contribution in [0.5, 0.6) is 0 Å². The molecular formula is C17H27ClN2S. The van der Waals surface area contributed by atoms with E-state index in [-0.39, 0.29) is 0 Å². The van der Waals surface area contributed by atoms with Gasteiger partial charge in [0.15, 0.2) is 0 Å². The molecule has 3 atom stereocenters. The molecule has 1 aromatic carbocycles. The van der Waals surface area contributed by atoms with Gasteiger partial charge < -0.3 is 5.32 Å². The minimum Gasteiger partial charge on any atom is -0.310 e. The van der Waals surface area contributed by atoms with Gasteiger partial charge in [-0.1, -0.05) is 37.6 Å². The molecule has 118 valence electrons. The predicted octanol–water partition coefficient (Wildman–Crippen LogP) is 4.21. The van der Waals surface area contributed by atoms with Crippen molar-refractivity contribution in [1.82, 2.24) is 10.2 Å². The first kappa shape index (κ1) is 17.1. The zero-order valence-electron chi connectivity index (χ0n) is 13.3. The Morgan fingerprint density at radius 3 is 2.71 bits per heavy atom. The highest BCUT2D eigenvalue weighted by Crippen LogP contribution is 2.26. The van der Waals surface area contributed by atoms with Gasteiger partial charge in [0.2, 0.25) is 0 Å². The molecular weight excluding hydrogens is 300 g/mol. The van der Waals surface area contributed by atoms with Crippen LogP contribution >= 0.6 is 23.4 Å². The second-order valence-corrected chi connectivity index (χ2v) is 7.72. The summed E-state index contributed by atoms with van der Waals surface area (Å²) < 4.78 is 0. The summed E-state index contributed by atoms with van der Waals surface area (Å²) in [5.41, 5.74) is 1.34. The Hall–Kier alpha value is -0.220. The van der Waals surface area contributed by atoms with E-state index in [0.29, 0.717) is 12.1 Å². The highest BCUT2D eigenvalue weighted by Gasteiger charge is 2.25. The van der Waals surface area contributed by atoms with Crippen molar-refractivity contribution in [2.75, 3.05) is 25.4 Å². The summed E-state index contributed by atoms with van der Waals surface area (Å²) in [5.74, 6) is 1.26. The number of nitrogens with zero attached hydrogens (tertiary/aromatic N) is 1. The smallest absolute Gasteiger partial charge is 0.0406 e. The highest BCUT2D eigenvalue weighted by molar-refractivity contribution is 8.00. The molecule has 3 unspecified atom stereocenters. The van der Waals surface area contributed by atoms with E-state index in [1.807, 2.05) is 12.1 Å². The molecule has 0 spiro atoms. The summed E-state index contributed by atoms with van der Waals surface area (Å²) in [6, 6.07) is 9.37. The van der Waals surface area contributed by atoms with Crippen LogP contribution < -0.4 is 5.32 Å². The Bertz CT molecular complexity index is 423. The van der Waals surface area contributed by atoms with E-state index in [1.54, 1.807) is 0 Å². The fourth-order valence-electron chi connectivity index (χ4n) is 2.93. The van der Waals surface area contributed by atoms with Gasteiger partial charge in [0.05, 0.1) is 0 Å². The Morgan fingerprint density at radius 1 is 1.33 bits per heavy atom. The third-order valence-electron chi connectivity index (χ3n) is 4.44. The molecule has 0 bridgehead atoms. The number of nitrogens with one attached hydrogen (secondary N) is 1. The standard InChI is InChI=1S/C17H27ClN2S/c1-4-19-17(15-5-7-16(18)8-6-15)9-10-20-11-12-21-14(3)13(20)2/h5-8,13-14,17,19H,4,9-12H2,1-3H3. The van der Waals surface area contributed by atoms with Crippen molar-refractivity contribution in [2.45, 2.75) is 44.5 Å². The molecule has 1 aliphatic heterocycles. The van der Waals surface area contributed by atoms with Crippen LogP contribution in [-0.4, -0.2) is 41.6 Å². The molecule has 1 aliphatic rings. The van der Waals surface area contributed by atoms with Crippen molar-refractivity contribution in [1.29, 1.82) is 0 Å². The van der Waals surface area contributed by atoms with Gasteiger partial charge in [0, 0.05) is 41.2 Å². The molecule has 1 saturated heterocycles. The van der Waals surface area contributed by atoms with E-state index >= 15 is 0 Å². The van der Waals surface area contributed by atoms with E-state index in [1.165, 1.54) is 17.9 Å². The van der Waals surface area contributed by atoms with Gasteiger partial charge in [-0.05, 0) is 37.6 Å². The molecule has 2 nitrogen and oxygen atoms in total. The summed E-state index contributed by atoms with van der Waals surface area (Å²) >= 11 is 8.10. The molecule has 4 heteroatoms. The van der Waals surface area contributed by atoms with E-state index in [4.69, 9.17) is 11.6 Å². The Morgan fingerprint density at radius 2 is 2.05 bits per heavy atom. The van der Waals surface area contributed by atoms with Crippen LogP contribution in [0.3, 0.4) is 0 Å². The fourth-order valence-corrected chi connectivity index (χ4v) is 4.22. The lowest BCUT2D eigenvalue weighted by molar-refractivity contribution is 0.202. The predicted molar refractivity (Wildman–Crippen MR) is 95.4 cm³/mol. The van der Waals surface area contributed by atoms with Gasteiger partial charge in [-0.25, -0.2) is 0 Å². The van der Waals surface area contributed by atoms with Gasteiger partial charge in [0.1, 0.15) is 0 Å². The third-order valence-corrected chi connectivity index (χ3v) is 6.03. The highest BCUT2D eigenvalue weighted by atomic mass is 35.5. The maximum atomic E-state index is 6.00. The summed E-state index contributed by atoms with van der Waals surface area (Å²) in [6.45, 7) is 10.3. The molecule has 0 aromatic heterocycles. The molecule has 0 aliphatic carbocycles. The second-order valence-electron chi connectivity index (χ2n) is 5.80. The van der Waals surface area contributed by atoms with Crippen LogP contribution in [0, 0.1) is 0 Å². The molecule has 2 rings (SSSR count). The zero-order valence-corrected chi connectivity index (χ0v) is 14.9. The van der Waals surface area contributed by atoms with Crippen LogP contribution in [0.1, 0.15) is 38.8 Å². The van der Waals surface area contributed by atoms with E-state index < -0.39 is 0 Å². The molecule has 1 fully saturated rings. The first-order chi connectivity index (χ1) is 10.1. The number of rotatable bonds is 6. The third kappa shape index (κ3) is 4.88. The number of benzene rings is 1. The minimum absolute atomic E-state index is 0.421. The molecule has 0 amide bonds. The summed E-state index contributed by atoms with van der Waals surface area (Å²) in [5, 5.41) is 5.16. The number of thioether (sulfide) groups is 1. The molecule has 1 N–H and O–H groups in total. The van der Waals surface area contributed by atoms with Gasteiger partial charge in [-0.15, -0.1) is 0 Å². The lowest BCUT2D eigenvalue weighted by Crippen LogP contribution is -2.45. The van der Waals surface area contributed by atoms with Gasteiger partial charge >= 0.3 is 0 Å². The van der Waals surface area contributed by atoms with Crippen molar-refractivity contribution >= 4 is 23.4 Å². The Kier molecular flexibility index (Phi) is 6.87. The van der Waals surface area contributed by atoms with Crippen molar-refractivity contribution in [3.63, 3.8) is 0 Å². The number of hydrogen-bond acceptors (Lipinski definition) is 3. The fraction of sp³-hybridized carbons (Fsp3) is 0.647. The van der Waals surface area contributed by atoms with E-state index in [9.17, 15) is 0 Å². The number of halogens is 1. The molecule has 0 radical (unpaired) electrons. The van der Waals surface area contributed by atoms with Gasteiger partial charge in [-0.3, -0.25) is 4.90 Å². The Labute approximate surface area is 138 Å². The SMILES string of the molecule is CCNC(CCN1CCSC(C)C1C)c1ccc(Cl)cc1. The average molecular weight is 327 g/mol. The number of hydrogen-bond donors (Lipinski definition) is 1. The van der Waals surface area contributed by atoms with Crippen molar-refractivity contribution in [3.05, 3.63) is 34.9 Å². The summed E-state index contributed by atoms with van der Waals surface area (Å²) in [4.78, 5) is 2.64. The topological polar surface area (TPSA) is 15.3 Å². The quantitative estimate of drug-likeness (QED) is 0.843. The minimum atomic E-state index is 0.421. The van der Waals surface area contributed by atoms with Crippen molar-refractivity contribution in [3.8, 4) is 0 Å². The van der Waals surface area contributed by atoms with Crippen LogP contribution in [0.25, 0.3) is 0 Å². The first-order valence-electron chi connectivity index (χ1n) is 7.96. The molecule has 1 heterocycles. The first-order valence-corrected chi connectivity index (χ1v) is 9.39. The average Bonchev–Trinajstić information content (AvgIpc) is 2.48. The largest absolute Gasteiger partial charge is 0.310 e. The molecule has 1 aromatic rings. The van der Waals surface area contributed by atoms with Gasteiger partial charge in [0.25, 0.3) is 0 Å². The monoisotopic (exact) mass is 326 g/mol. The summed E-state index contributed by atoms with van der Waals surface area (Å²) in [6.07, 6.45) is 1.15. The van der Waals surface area contributed by atoms with E-state index in [2.05, 4.69) is 54.9 Å². The lowest BCUT2D eigenvalue weighted by atomic mass is 10.0. The van der Waals surface area contributed by atoms with Crippen molar-refractivity contribution in [2.24, 2.45) is 0 Å². The zero-order chi connectivity index (χ0) is 15.2. The summed E-state index contributed by atoms with van der Waals surface area (Å²) in [7, 11) is 0. The second kappa shape index (κ2) is 8.42. The maximum absolute atomic E-state index is 6.00. The molecule has 21 heavy (non-hydrogen) atoms. The molecule has 0 saturated carbocycles. The lowest BCUT2D eigenvalue weighted by Gasteiger charge is -2.38. The van der Waals surface area contributed by atoms with Crippen molar-refractivity contribution < 1.29 is 0 Å². The van der Waals surface area contributed by atoms with E-state index in [0.717, 1.165) is 29.8 Å². The normalized spacial score (nSPS) is 25.0. The van der Waals surface area contributed by atoms with Crippen LogP contribution in [0.4, 0.5) is 0 Å². The van der Waals surface area contributed by atoms with Crippen LogP contribution in [0.2, 0.25) is 5.02 Å².